The molecule has 6 nitrogen and oxygen atoms in total. The fourth-order valence-corrected chi connectivity index (χ4v) is 3.11. The van der Waals surface area contributed by atoms with Crippen molar-refractivity contribution in [3.8, 4) is 0 Å². The molecule has 0 bridgehead atoms. The van der Waals surface area contributed by atoms with E-state index < -0.39 is 0 Å². The second-order valence-electron chi connectivity index (χ2n) is 6.65. The highest BCUT2D eigenvalue weighted by molar-refractivity contribution is 5.93. The van der Waals surface area contributed by atoms with E-state index in [0.29, 0.717) is 17.5 Å². The molecule has 0 radical (unpaired) electrons. The zero-order valence-electron chi connectivity index (χ0n) is 15.5. The Morgan fingerprint density at radius 1 is 1.24 bits per heavy atom. The van der Waals surface area contributed by atoms with Gasteiger partial charge in [-0.25, -0.2) is 0 Å². The maximum atomic E-state index is 11.6. The summed E-state index contributed by atoms with van der Waals surface area (Å²) in [6, 6.07) is 7.58. The Bertz CT molecular complexity index is 580. The quantitative estimate of drug-likeness (QED) is 0.497. The minimum absolute atomic E-state index is 0.0705. The third-order valence-electron chi connectivity index (χ3n) is 5.01. The number of rotatable bonds is 8. The van der Waals surface area contributed by atoms with Crippen LogP contribution in [0.4, 0.5) is 0 Å². The van der Waals surface area contributed by atoms with Crippen molar-refractivity contribution in [3.05, 3.63) is 35.4 Å². The summed E-state index contributed by atoms with van der Waals surface area (Å²) in [5, 5.41) is 9.41. The Kier molecular flexibility index (Phi) is 7.25. The van der Waals surface area contributed by atoms with Gasteiger partial charge >= 0.3 is 0 Å². The molecule has 1 amide bonds. The van der Waals surface area contributed by atoms with Gasteiger partial charge in [0.25, 0.3) is 5.91 Å². The molecule has 138 valence electrons. The highest BCUT2D eigenvalue weighted by atomic mass is 16.5. The highest BCUT2D eigenvalue weighted by Gasteiger charge is 2.36. The van der Waals surface area contributed by atoms with E-state index in [1.54, 1.807) is 21.2 Å². The van der Waals surface area contributed by atoms with Crippen LogP contribution in [0.15, 0.2) is 29.3 Å². The van der Waals surface area contributed by atoms with Crippen LogP contribution < -0.4 is 16.0 Å². The van der Waals surface area contributed by atoms with E-state index in [9.17, 15) is 4.79 Å². The molecule has 0 aliphatic heterocycles. The van der Waals surface area contributed by atoms with Gasteiger partial charge in [0, 0.05) is 46.5 Å². The van der Waals surface area contributed by atoms with Crippen LogP contribution in [0.25, 0.3) is 0 Å². The van der Waals surface area contributed by atoms with Crippen LogP contribution >= 0.6 is 0 Å². The molecular formula is C19H30N4O2. The summed E-state index contributed by atoms with van der Waals surface area (Å²) >= 11 is 0. The molecule has 0 heterocycles. The topological polar surface area (TPSA) is 74.8 Å². The summed E-state index contributed by atoms with van der Waals surface area (Å²) < 4.78 is 5.24. The SMILES string of the molecule is CN=C(NCc1ccc(C(=O)NC)cc1)NCC1(CCOC)CCC1. The van der Waals surface area contributed by atoms with Crippen LogP contribution in [-0.4, -0.2) is 46.2 Å². The first-order valence-electron chi connectivity index (χ1n) is 8.87. The Labute approximate surface area is 150 Å². The zero-order valence-corrected chi connectivity index (χ0v) is 15.5. The molecule has 0 unspecified atom stereocenters. The first-order valence-corrected chi connectivity index (χ1v) is 8.87. The van der Waals surface area contributed by atoms with Gasteiger partial charge in [0.05, 0.1) is 0 Å². The number of nitrogens with zero attached hydrogens (tertiary/aromatic N) is 1. The molecule has 1 fully saturated rings. The van der Waals surface area contributed by atoms with E-state index in [2.05, 4.69) is 20.9 Å². The number of amides is 1. The van der Waals surface area contributed by atoms with E-state index in [-0.39, 0.29) is 5.91 Å². The van der Waals surface area contributed by atoms with E-state index >= 15 is 0 Å². The van der Waals surface area contributed by atoms with Gasteiger partial charge in [-0.1, -0.05) is 18.6 Å². The van der Waals surface area contributed by atoms with Gasteiger partial charge in [-0.2, -0.15) is 0 Å². The summed E-state index contributed by atoms with van der Waals surface area (Å²) in [6.07, 6.45) is 4.90. The number of aliphatic imine (C=N–C) groups is 1. The number of carbonyl (C=O) groups is 1. The first kappa shape index (κ1) is 19.2. The summed E-state index contributed by atoms with van der Waals surface area (Å²) in [4.78, 5) is 15.9. The third kappa shape index (κ3) is 5.46. The van der Waals surface area contributed by atoms with Crippen LogP contribution in [0.1, 0.15) is 41.6 Å². The lowest BCUT2D eigenvalue weighted by Crippen LogP contribution is -2.46. The minimum Gasteiger partial charge on any atom is -0.385 e. The maximum absolute atomic E-state index is 11.6. The number of hydrogen-bond acceptors (Lipinski definition) is 3. The van der Waals surface area contributed by atoms with Gasteiger partial charge in [0.1, 0.15) is 0 Å². The zero-order chi connectivity index (χ0) is 18.1. The molecule has 1 saturated carbocycles. The minimum atomic E-state index is -0.0705. The average molecular weight is 346 g/mol. The Morgan fingerprint density at radius 3 is 2.48 bits per heavy atom. The molecule has 0 aromatic heterocycles. The van der Waals surface area contributed by atoms with Crippen LogP contribution in [0.2, 0.25) is 0 Å². The Morgan fingerprint density at radius 2 is 1.96 bits per heavy atom. The van der Waals surface area contributed by atoms with E-state index in [1.165, 1.54) is 19.3 Å². The molecule has 1 aromatic carbocycles. The molecule has 0 spiro atoms. The standard InChI is InChI=1S/C19H30N4O2/c1-20-17(24)16-7-5-15(6-8-16)13-22-18(21-2)23-14-19(9-4-10-19)11-12-25-3/h5-8H,4,9-14H2,1-3H3,(H,20,24)(H2,21,22,23). The third-order valence-corrected chi connectivity index (χ3v) is 5.01. The number of carbonyl (C=O) groups excluding carboxylic acids is 1. The summed E-state index contributed by atoms with van der Waals surface area (Å²) in [6.45, 7) is 2.40. The molecule has 3 N–H and O–H groups in total. The molecule has 0 atom stereocenters. The molecule has 1 aliphatic rings. The highest BCUT2D eigenvalue weighted by Crippen LogP contribution is 2.43. The lowest BCUT2D eigenvalue weighted by molar-refractivity contribution is 0.0732. The predicted octanol–water partition coefficient (Wildman–Crippen LogP) is 1.92. The van der Waals surface area contributed by atoms with E-state index in [0.717, 1.165) is 31.1 Å². The van der Waals surface area contributed by atoms with Gasteiger partial charge in [0.2, 0.25) is 0 Å². The van der Waals surface area contributed by atoms with Crippen molar-refractivity contribution in [2.24, 2.45) is 10.4 Å². The summed E-state index contributed by atoms with van der Waals surface area (Å²) in [5.41, 5.74) is 2.12. The molecule has 2 rings (SSSR count). The summed E-state index contributed by atoms with van der Waals surface area (Å²) in [5.74, 6) is 0.734. The van der Waals surface area contributed by atoms with Crippen molar-refractivity contribution in [1.82, 2.24) is 16.0 Å². The maximum Gasteiger partial charge on any atom is 0.251 e. The molecule has 25 heavy (non-hydrogen) atoms. The average Bonchev–Trinajstić information content (AvgIpc) is 2.62. The lowest BCUT2D eigenvalue weighted by Gasteiger charge is -2.42. The van der Waals surface area contributed by atoms with Crippen LogP contribution in [0.5, 0.6) is 0 Å². The Balaban J connectivity index is 1.81. The Hall–Kier alpha value is -2.08. The van der Waals surface area contributed by atoms with Crippen molar-refractivity contribution < 1.29 is 9.53 Å². The number of methoxy groups -OCH3 is 1. The second-order valence-corrected chi connectivity index (χ2v) is 6.65. The molecule has 0 saturated heterocycles. The smallest absolute Gasteiger partial charge is 0.251 e. The van der Waals surface area contributed by atoms with Crippen molar-refractivity contribution in [1.29, 1.82) is 0 Å². The fraction of sp³-hybridized carbons (Fsp3) is 0.579. The molecular weight excluding hydrogens is 316 g/mol. The number of hydrogen-bond donors (Lipinski definition) is 3. The van der Waals surface area contributed by atoms with Gasteiger partial charge in [-0.3, -0.25) is 9.79 Å². The second kappa shape index (κ2) is 9.42. The molecule has 1 aliphatic carbocycles. The number of ether oxygens (including phenoxy) is 1. The first-order chi connectivity index (χ1) is 12.1. The van der Waals surface area contributed by atoms with Gasteiger partial charge in [0.15, 0.2) is 5.96 Å². The monoisotopic (exact) mass is 346 g/mol. The lowest BCUT2D eigenvalue weighted by atomic mass is 9.67. The van der Waals surface area contributed by atoms with Gasteiger partial charge < -0.3 is 20.7 Å². The van der Waals surface area contributed by atoms with Crippen molar-refractivity contribution in [3.63, 3.8) is 0 Å². The van der Waals surface area contributed by atoms with Crippen molar-refractivity contribution in [2.45, 2.75) is 32.2 Å². The number of guanidine groups is 1. The molecule has 1 aromatic rings. The van der Waals surface area contributed by atoms with Crippen LogP contribution in [0.3, 0.4) is 0 Å². The van der Waals surface area contributed by atoms with Gasteiger partial charge in [-0.15, -0.1) is 0 Å². The van der Waals surface area contributed by atoms with Crippen LogP contribution in [0, 0.1) is 5.41 Å². The van der Waals surface area contributed by atoms with E-state index in [4.69, 9.17) is 4.74 Å². The number of benzene rings is 1. The predicted molar refractivity (Wildman–Crippen MR) is 101 cm³/mol. The largest absolute Gasteiger partial charge is 0.385 e. The van der Waals surface area contributed by atoms with Crippen molar-refractivity contribution >= 4 is 11.9 Å². The number of nitrogens with one attached hydrogen (secondary N) is 3. The van der Waals surface area contributed by atoms with E-state index in [1.807, 2.05) is 24.3 Å². The normalized spacial score (nSPS) is 16.0. The van der Waals surface area contributed by atoms with Crippen molar-refractivity contribution in [2.75, 3.05) is 34.4 Å². The molecule has 6 heteroatoms. The summed E-state index contributed by atoms with van der Waals surface area (Å²) in [7, 11) is 5.18. The van der Waals surface area contributed by atoms with Gasteiger partial charge in [-0.05, 0) is 42.4 Å². The fourth-order valence-electron chi connectivity index (χ4n) is 3.11. The van der Waals surface area contributed by atoms with Crippen LogP contribution in [-0.2, 0) is 11.3 Å².